The zero-order chi connectivity index (χ0) is 14.9. The van der Waals surface area contributed by atoms with Crippen LogP contribution in [0.3, 0.4) is 0 Å². The quantitative estimate of drug-likeness (QED) is 0.932. The second-order valence-electron chi connectivity index (χ2n) is 4.82. The summed E-state index contributed by atoms with van der Waals surface area (Å²) in [5.41, 5.74) is 0.740. The highest BCUT2D eigenvalue weighted by atomic mass is 35.5. The van der Waals surface area contributed by atoms with E-state index in [2.05, 4.69) is 5.32 Å². The topological polar surface area (TPSA) is 49.4 Å². The molecule has 1 aliphatic rings. The summed E-state index contributed by atoms with van der Waals surface area (Å²) >= 11 is 12.1. The Morgan fingerprint density at radius 2 is 2.00 bits per heavy atom. The number of nitrogens with zero attached hydrogens (tertiary/aromatic N) is 1. The maximum Gasteiger partial charge on any atom is 0.246 e. The highest BCUT2D eigenvalue weighted by molar-refractivity contribution is 6.42. The van der Waals surface area contributed by atoms with Crippen LogP contribution in [0.5, 0.6) is 0 Å². The van der Waals surface area contributed by atoms with Crippen molar-refractivity contribution >= 4 is 35.0 Å². The summed E-state index contributed by atoms with van der Waals surface area (Å²) in [6.45, 7) is 3.85. The fourth-order valence-electron chi connectivity index (χ4n) is 2.23. The predicted octanol–water partition coefficient (Wildman–Crippen LogP) is 2.62. The Labute approximate surface area is 128 Å². The summed E-state index contributed by atoms with van der Waals surface area (Å²) in [6, 6.07) is 4.30. The van der Waals surface area contributed by atoms with Crippen LogP contribution in [-0.4, -0.2) is 28.8 Å². The number of carbonyl (C=O) groups excluding carboxylic acids is 2. The Hall–Kier alpha value is -1.26. The van der Waals surface area contributed by atoms with Crippen molar-refractivity contribution in [3.8, 4) is 0 Å². The molecule has 0 bridgehead atoms. The minimum atomic E-state index is -0.514. The molecular weight excluding hydrogens is 299 g/mol. The van der Waals surface area contributed by atoms with Crippen molar-refractivity contribution in [3.05, 3.63) is 33.8 Å². The number of carbonyl (C=O) groups is 2. The van der Waals surface area contributed by atoms with Gasteiger partial charge in [0.25, 0.3) is 0 Å². The molecule has 0 aromatic heterocycles. The first-order valence-corrected chi connectivity index (χ1v) is 7.25. The molecule has 1 fully saturated rings. The number of benzene rings is 1. The van der Waals surface area contributed by atoms with Crippen LogP contribution in [0.4, 0.5) is 0 Å². The van der Waals surface area contributed by atoms with E-state index in [1.165, 1.54) is 0 Å². The van der Waals surface area contributed by atoms with Crippen LogP contribution in [-0.2, 0) is 16.1 Å². The molecule has 1 saturated heterocycles. The van der Waals surface area contributed by atoms with Crippen molar-refractivity contribution in [2.75, 3.05) is 0 Å². The lowest BCUT2D eigenvalue weighted by atomic mass is 10.0. The lowest BCUT2D eigenvalue weighted by Crippen LogP contribution is -2.61. The molecule has 0 spiro atoms. The smallest absolute Gasteiger partial charge is 0.246 e. The maximum atomic E-state index is 12.3. The van der Waals surface area contributed by atoms with Crippen LogP contribution in [0, 0.1) is 0 Å². The van der Waals surface area contributed by atoms with Gasteiger partial charge in [-0.15, -0.1) is 0 Å². The van der Waals surface area contributed by atoms with E-state index in [1.807, 2.05) is 13.0 Å². The van der Waals surface area contributed by atoms with E-state index < -0.39 is 12.1 Å². The third-order valence-corrected chi connectivity index (χ3v) is 4.38. The van der Waals surface area contributed by atoms with Gasteiger partial charge in [-0.2, -0.15) is 0 Å². The van der Waals surface area contributed by atoms with Crippen LogP contribution < -0.4 is 5.32 Å². The predicted molar refractivity (Wildman–Crippen MR) is 78.7 cm³/mol. The number of nitrogens with one attached hydrogen (secondary N) is 1. The minimum absolute atomic E-state index is 0.0874. The van der Waals surface area contributed by atoms with Gasteiger partial charge in [-0.3, -0.25) is 9.59 Å². The van der Waals surface area contributed by atoms with E-state index in [-0.39, 0.29) is 18.4 Å². The van der Waals surface area contributed by atoms with E-state index in [9.17, 15) is 9.59 Å². The number of hydrogen-bond acceptors (Lipinski definition) is 2. The van der Waals surface area contributed by atoms with Gasteiger partial charge >= 0.3 is 0 Å². The van der Waals surface area contributed by atoms with Crippen molar-refractivity contribution in [2.24, 2.45) is 0 Å². The molecule has 2 rings (SSSR count). The van der Waals surface area contributed by atoms with Crippen molar-refractivity contribution in [3.63, 3.8) is 0 Å². The van der Waals surface area contributed by atoms with Gasteiger partial charge in [-0.25, -0.2) is 0 Å². The molecule has 1 aromatic carbocycles. The van der Waals surface area contributed by atoms with E-state index in [4.69, 9.17) is 23.2 Å². The largest absolute Gasteiger partial charge is 0.343 e. The minimum Gasteiger partial charge on any atom is -0.343 e. The molecule has 1 aliphatic heterocycles. The molecule has 2 amide bonds. The molecule has 1 aromatic rings. The molecule has 0 radical (unpaired) electrons. The van der Waals surface area contributed by atoms with Gasteiger partial charge in [0.1, 0.15) is 12.1 Å². The third-order valence-electron chi connectivity index (χ3n) is 3.53. The van der Waals surface area contributed by atoms with Crippen molar-refractivity contribution in [1.29, 1.82) is 0 Å². The molecule has 6 heteroatoms. The van der Waals surface area contributed by atoms with Gasteiger partial charge in [0, 0.05) is 6.54 Å². The van der Waals surface area contributed by atoms with E-state index in [0.29, 0.717) is 16.5 Å². The molecule has 108 valence electrons. The van der Waals surface area contributed by atoms with Gasteiger partial charge < -0.3 is 10.2 Å². The molecule has 1 N–H and O–H groups in total. The Morgan fingerprint density at radius 1 is 1.30 bits per heavy atom. The van der Waals surface area contributed by atoms with Gasteiger partial charge in [0.05, 0.1) is 10.0 Å². The molecule has 4 nitrogen and oxygen atoms in total. The van der Waals surface area contributed by atoms with Crippen molar-refractivity contribution in [1.82, 2.24) is 10.2 Å². The Morgan fingerprint density at radius 3 is 2.65 bits per heavy atom. The highest BCUT2D eigenvalue weighted by Crippen LogP contribution is 2.27. The monoisotopic (exact) mass is 314 g/mol. The Balaban J connectivity index is 2.27. The van der Waals surface area contributed by atoms with Gasteiger partial charge in [-0.05, 0) is 25.0 Å². The molecule has 2 atom stereocenters. The van der Waals surface area contributed by atoms with Crippen LogP contribution in [0.25, 0.3) is 0 Å². The summed E-state index contributed by atoms with van der Waals surface area (Å²) in [5, 5.41) is 3.58. The lowest BCUT2D eigenvalue weighted by Gasteiger charge is -2.37. The van der Waals surface area contributed by atoms with Gasteiger partial charge in [0.15, 0.2) is 0 Å². The zero-order valence-electron chi connectivity index (χ0n) is 11.3. The molecule has 20 heavy (non-hydrogen) atoms. The average molecular weight is 315 g/mol. The van der Waals surface area contributed by atoms with Gasteiger partial charge in [0.2, 0.25) is 11.8 Å². The molecular formula is C14H16Cl2N2O2. The number of halogens is 2. The summed E-state index contributed by atoms with van der Waals surface area (Å²) in [7, 11) is 0. The number of rotatable bonds is 3. The number of piperazine rings is 1. The summed E-state index contributed by atoms with van der Waals surface area (Å²) < 4.78 is 0. The van der Waals surface area contributed by atoms with Crippen LogP contribution in [0.1, 0.15) is 25.8 Å². The Kier molecular flexibility index (Phi) is 4.55. The van der Waals surface area contributed by atoms with E-state index >= 15 is 0 Å². The molecule has 0 saturated carbocycles. The number of amides is 2. The van der Waals surface area contributed by atoms with Crippen molar-refractivity contribution in [2.45, 2.75) is 38.9 Å². The second-order valence-corrected chi connectivity index (χ2v) is 5.61. The van der Waals surface area contributed by atoms with Crippen LogP contribution >= 0.6 is 23.2 Å². The SMILES string of the molecule is CCC1NC(=O)C(C)N(Cc2cccc(Cl)c2Cl)C1=O. The van der Waals surface area contributed by atoms with Crippen molar-refractivity contribution < 1.29 is 9.59 Å². The third kappa shape index (κ3) is 2.76. The fourth-order valence-corrected chi connectivity index (χ4v) is 2.61. The van der Waals surface area contributed by atoms with Gasteiger partial charge in [-0.1, -0.05) is 42.3 Å². The number of hydrogen-bond donors (Lipinski definition) is 1. The summed E-state index contributed by atoms with van der Waals surface area (Å²) in [6.07, 6.45) is 0.567. The van der Waals surface area contributed by atoms with Crippen LogP contribution in [0.2, 0.25) is 10.0 Å². The zero-order valence-corrected chi connectivity index (χ0v) is 12.8. The first-order valence-electron chi connectivity index (χ1n) is 6.49. The van der Waals surface area contributed by atoms with E-state index in [1.54, 1.807) is 24.0 Å². The maximum absolute atomic E-state index is 12.3. The standard InChI is InChI=1S/C14H16Cl2N2O2/c1-3-11-14(20)18(8(2)13(19)17-11)7-9-5-4-6-10(15)12(9)16/h4-6,8,11H,3,7H2,1-2H3,(H,17,19). The highest BCUT2D eigenvalue weighted by Gasteiger charge is 2.37. The molecule has 1 heterocycles. The lowest BCUT2D eigenvalue weighted by molar-refractivity contribution is -0.149. The summed E-state index contributed by atoms with van der Waals surface area (Å²) in [5.74, 6) is -0.231. The summed E-state index contributed by atoms with van der Waals surface area (Å²) in [4.78, 5) is 25.8. The Bertz CT molecular complexity index is 548. The first-order chi connectivity index (χ1) is 9.45. The second kappa shape index (κ2) is 6.02. The van der Waals surface area contributed by atoms with E-state index in [0.717, 1.165) is 5.56 Å². The van der Waals surface area contributed by atoms with Crippen LogP contribution in [0.15, 0.2) is 18.2 Å². The fraction of sp³-hybridized carbons (Fsp3) is 0.429. The average Bonchev–Trinajstić information content (AvgIpc) is 2.43. The normalized spacial score (nSPS) is 22.9. The molecule has 2 unspecified atom stereocenters. The first kappa shape index (κ1) is 15.1. The molecule has 0 aliphatic carbocycles.